The van der Waals surface area contributed by atoms with Gasteiger partial charge in [-0.2, -0.15) is 5.10 Å². The van der Waals surface area contributed by atoms with Gasteiger partial charge in [-0.05, 0) is 51.1 Å². The maximum atomic E-state index is 4.85. The number of likely N-dealkylation sites (tertiary alicyclic amines) is 1. The number of nitrogens with one attached hydrogen (secondary N) is 1. The molecule has 1 aromatic heterocycles. The predicted molar refractivity (Wildman–Crippen MR) is 94.4 cm³/mol. The summed E-state index contributed by atoms with van der Waals surface area (Å²) >= 11 is 0. The van der Waals surface area contributed by atoms with E-state index in [9.17, 15) is 0 Å². The number of piperidine rings is 1. The lowest BCUT2D eigenvalue weighted by atomic mass is 10.0. The molecule has 2 fully saturated rings. The van der Waals surface area contributed by atoms with Crippen LogP contribution in [0.25, 0.3) is 10.9 Å². The second-order valence-corrected chi connectivity index (χ2v) is 7.18. The van der Waals surface area contributed by atoms with Crippen molar-refractivity contribution in [3.05, 3.63) is 30.0 Å². The van der Waals surface area contributed by atoms with Crippen LogP contribution in [-0.4, -0.2) is 40.4 Å². The maximum Gasteiger partial charge on any atom is 0.0843 e. The third-order valence-electron chi connectivity index (χ3n) is 5.39. The highest BCUT2D eigenvalue weighted by atomic mass is 15.3. The molecular weight excluding hydrogens is 284 g/mol. The van der Waals surface area contributed by atoms with E-state index in [0.29, 0.717) is 0 Å². The molecule has 0 bridgehead atoms. The van der Waals surface area contributed by atoms with E-state index in [-0.39, 0.29) is 0 Å². The first-order valence-corrected chi connectivity index (χ1v) is 9.23. The van der Waals surface area contributed by atoms with Crippen LogP contribution in [0.1, 0.15) is 38.3 Å². The van der Waals surface area contributed by atoms with E-state index >= 15 is 0 Å². The zero-order valence-electron chi connectivity index (χ0n) is 14.2. The third-order valence-corrected chi connectivity index (χ3v) is 5.39. The molecule has 4 nitrogen and oxygen atoms in total. The number of hydrogen-bond acceptors (Lipinski definition) is 3. The van der Waals surface area contributed by atoms with Gasteiger partial charge >= 0.3 is 0 Å². The minimum Gasteiger partial charge on any atom is -0.314 e. The van der Waals surface area contributed by atoms with Crippen molar-refractivity contribution in [1.82, 2.24) is 20.0 Å². The number of aryl methyl sites for hydroxylation is 1. The van der Waals surface area contributed by atoms with Gasteiger partial charge in [-0.1, -0.05) is 18.2 Å². The Labute approximate surface area is 138 Å². The zero-order valence-corrected chi connectivity index (χ0v) is 14.2. The summed E-state index contributed by atoms with van der Waals surface area (Å²) in [7, 11) is 0. The summed E-state index contributed by atoms with van der Waals surface area (Å²) in [4.78, 5) is 2.57. The fraction of sp³-hybridized carbons (Fsp3) is 0.632. The number of fused-ring (bicyclic) bond motifs is 1. The van der Waals surface area contributed by atoms with E-state index in [4.69, 9.17) is 5.10 Å². The summed E-state index contributed by atoms with van der Waals surface area (Å²) in [6.07, 6.45) is 5.44. The van der Waals surface area contributed by atoms with Crippen molar-refractivity contribution in [2.75, 3.05) is 19.6 Å². The van der Waals surface area contributed by atoms with E-state index in [1.807, 2.05) is 0 Å². The molecule has 1 aliphatic heterocycles. The van der Waals surface area contributed by atoms with Crippen LogP contribution in [0.15, 0.2) is 24.3 Å². The van der Waals surface area contributed by atoms with Crippen molar-refractivity contribution in [2.24, 2.45) is 5.92 Å². The van der Waals surface area contributed by atoms with Gasteiger partial charge in [-0.25, -0.2) is 0 Å². The molecule has 2 heterocycles. The van der Waals surface area contributed by atoms with E-state index < -0.39 is 0 Å². The van der Waals surface area contributed by atoms with Crippen molar-refractivity contribution >= 4 is 10.9 Å². The van der Waals surface area contributed by atoms with Gasteiger partial charge in [-0.15, -0.1) is 0 Å². The van der Waals surface area contributed by atoms with Crippen molar-refractivity contribution in [3.8, 4) is 0 Å². The third kappa shape index (κ3) is 3.43. The van der Waals surface area contributed by atoms with Crippen molar-refractivity contribution in [3.63, 3.8) is 0 Å². The van der Waals surface area contributed by atoms with E-state index in [2.05, 4.69) is 46.1 Å². The Hall–Kier alpha value is -1.39. The minimum absolute atomic E-state index is 0.733. The molecule has 4 heteroatoms. The van der Waals surface area contributed by atoms with E-state index in [0.717, 1.165) is 25.0 Å². The Morgan fingerprint density at radius 1 is 1.13 bits per heavy atom. The standard InChI is InChI=1S/C19H28N4/c1-2-23-19-6-4-3-5-17(19)18(21-23)14-22-11-9-16(10-12-22)20-13-15-7-8-15/h3-6,15-16,20H,2,7-14H2,1H3. The molecule has 0 atom stereocenters. The number of aromatic nitrogens is 2. The van der Waals surface area contributed by atoms with E-state index in [1.165, 1.54) is 61.9 Å². The van der Waals surface area contributed by atoms with Gasteiger partial charge in [0.15, 0.2) is 0 Å². The highest BCUT2D eigenvalue weighted by molar-refractivity contribution is 5.81. The van der Waals surface area contributed by atoms with Crippen LogP contribution in [0.5, 0.6) is 0 Å². The first-order chi connectivity index (χ1) is 11.3. The van der Waals surface area contributed by atoms with Crippen LogP contribution in [-0.2, 0) is 13.1 Å². The first-order valence-electron chi connectivity index (χ1n) is 9.23. The fourth-order valence-electron chi connectivity index (χ4n) is 3.72. The molecule has 4 rings (SSSR count). The Bertz CT molecular complexity index is 650. The Morgan fingerprint density at radius 2 is 1.91 bits per heavy atom. The molecule has 1 N–H and O–H groups in total. The van der Waals surface area contributed by atoms with Crippen molar-refractivity contribution in [2.45, 2.75) is 51.7 Å². The number of rotatable bonds is 6. The highest BCUT2D eigenvalue weighted by Gasteiger charge is 2.25. The Morgan fingerprint density at radius 3 is 2.65 bits per heavy atom. The first kappa shape index (κ1) is 15.2. The van der Waals surface area contributed by atoms with Crippen LogP contribution in [0, 0.1) is 5.92 Å². The van der Waals surface area contributed by atoms with Gasteiger partial charge < -0.3 is 5.32 Å². The SMILES string of the molecule is CCn1nc(CN2CCC(NCC3CC3)CC2)c2ccccc21. The second kappa shape index (κ2) is 6.62. The van der Waals surface area contributed by atoms with Crippen molar-refractivity contribution < 1.29 is 0 Å². The molecule has 1 saturated heterocycles. The molecule has 2 aliphatic rings. The molecule has 0 amide bonds. The van der Waals surface area contributed by atoms with Crippen LogP contribution in [0.3, 0.4) is 0 Å². The monoisotopic (exact) mass is 312 g/mol. The molecule has 0 spiro atoms. The Kier molecular flexibility index (Phi) is 4.36. The molecule has 1 aromatic carbocycles. The molecule has 2 aromatic rings. The van der Waals surface area contributed by atoms with Gasteiger partial charge in [0, 0.05) is 37.6 Å². The maximum absolute atomic E-state index is 4.85. The summed E-state index contributed by atoms with van der Waals surface area (Å²) in [6.45, 7) is 7.72. The molecule has 23 heavy (non-hydrogen) atoms. The lowest BCUT2D eigenvalue weighted by Gasteiger charge is -2.32. The molecule has 1 saturated carbocycles. The van der Waals surface area contributed by atoms with Crippen LogP contribution in [0.2, 0.25) is 0 Å². The largest absolute Gasteiger partial charge is 0.314 e. The van der Waals surface area contributed by atoms with Gasteiger partial charge in [0.25, 0.3) is 0 Å². The van der Waals surface area contributed by atoms with Crippen LogP contribution >= 0.6 is 0 Å². The summed E-state index contributed by atoms with van der Waals surface area (Å²) < 4.78 is 2.13. The smallest absolute Gasteiger partial charge is 0.0843 e. The zero-order chi connectivity index (χ0) is 15.6. The predicted octanol–water partition coefficient (Wildman–Crippen LogP) is 3.02. The molecular formula is C19H28N4. The summed E-state index contributed by atoms with van der Waals surface area (Å²) in [5.41, 5.74) is 2.51. The quantitative estimate of drug-likeness (QED) is 0.890. The summed E-state index contributed by atoms with van der Waals surface area (Å²) in [5.74, 6) is 0.984. The number of para-hydroxylation sites is 1. The van der Waals surface area contributed by atoms with Crippen LogP contribution in [0.4, 0.5) is 0 Å². The summed E-state index contributed by atoms with van der Waals surface area (Å²) in [5, 5.41) is 9.94. The number of benzene rings is 1. The second-order valence-electron chi connectivity index (χ2n) is 7.18. The minimum atomic E-state index is 0.733. The molecule has 1 aliphatic carbocycles. The summed E-state index contributed by atoms with van der Waals surface area (Å²) in [6, 6.07) is 9.37. The van der Waals surface area contributed by atoms with Gasteiger partial charge in [0.2, 0.25) is 0 Å². The number of nitrogens with zero attached hydrogens (tertiary/aromatic N) is 3. The Balaban J connectivity index is 1.37. The van der Waals surface area contributed by atoms with Crippen molar-refractivity contribution in [1.29, 1.82) is 0 Å². The molecule has 124 valence electrons. The normalized spacial score (nSPS) is 20.4. The van der Waals surface area contributed by atoms with E-state index in [1.54, 1.807) is 0 Å². The number of hydrogen-bond donors (Lipinski definition) is 1. The van der Waals surface area contributed by atoms with Gasteiger partial charge in [0.05, 0.1) is 11.2 Å². The van der Waals surface area contributed by atoms with Crippen LogP contribution < -0.4 is 5.32 Å². The van der Waals surface area contributed by atoms with Gasteiger partial charge in [-0.3, -0.25) is 9.58 Å². The molecule has 0 radical (unpaired) electrons. The lowest BCUT2D eigenvalue weighted by Crippen LogP contribution is -2.42. The topological polar surface area (TPSA) is 33.1 Å². The fourth-order valence-corrected chi connectivity index (χ4v) is 3.72. The average molecular weight is 312 g/mol. The lowest BCUT2D eigenvalue weighted by molar-refractivity contribution is 0.188. The average Bonchev–Trinajstić information content (AvgIpc) is 3.36. The highest BCUT2D eigenvalue weighted by Crippen LogP contribution is 2.28. The van der Waals surface area contributed by atoms with Gasteiger partial charge in [0.1, 0.15) is 0 Å². The molecule has 0 unspecified atom stereocenters.